The molecule has 5 heteroatoms. The Morgan fingerprint density at radius 1 is 1.53 bits per heavy atom. The van der Waals surface area contributed by atoms with Crippen molar-refractivity contribution in [1.29, 1.82) is 0 Å². The highest BCUT2D eigenvalue weighted by Gasteiger charge is 2.24. The number of rotatable bonds is 3. The second-order valence-corrected chi connectivity index (χ2v) is 4.08. The van der Waals surface area contributed by atoms with Crippen molar-refractivity contribution in [3.05, 3.63) is 24.0 Å². The van der Waals surface area contributed by atoms with Gasteiger partial charge in [-0.1, -0.05) is 0 Å². The number of nitrogens with zero attached hydrogens (tertiary/aromatic N) is 1. The van der Waals surface area contributed by atoms with Crippen LogP contribution in [-0.4, -0.2) is 35.4 Å². The van der Waals surface area contributed by atoms with Crippen molar-refractivity contribution in [2.24, 2.45) is 0 Å². The van der Waals surface area contributed by atoms with Crippen LogP contribution in [0.4, 0.5) is 0 Å². The molecule has 1 N–H and O–H groups in total. The Morgan fingerprint density at radius 3 is 3.00 bits per heavy atom. The van der Waals surface area contributed by atoms with Crippen molar-refractivity contribution in [1.82, 2.24) is 4.98 Å². The van der Waals surface area contributed by atoms with Crippen LogP contribution >= 0.6 is 0 Å². The van der Waals surface area contributed by atoms with Gasteiger partial charge in [0.25, 0.3) is 0 Å². The Labute approximate surface area is 99.4 Å². The van der Waals surface area contributed by atoms with Gasteiger partial charge in [-0.3, -0.25) is 0 Å². The zero-order valence-corrected chi connectivity index (χ0v) is 9.63. The zero-order valence-electron chi connectivity index (χ0n) is 9.63. The van der Waals surface area contributed by atoms with Crippen LogP contribution < -0.4 is 4.74 Å². The first-order chi connectivity index (χ1) is 8.19. The number of ether oxygens (including phenoxy) is 2. The molecule has 0 bridgehead atoms. The van der Waals surface area contributed by atoms with Gasteiger partial charge in [0.1, 0.15) is 11.9 Å². The molecule has 1 aromatic rings. The highest BCUT2D eigenvalue weighted by molar-refractivity contribution is 5.87. The fourth-order valence-electron chi connectivity index (χ4n) is 1.92. The third-order valence-corrected chi connectivity index (χ3v) is 2.79. The van der Waals surface area contributed by atoms with Gasteiger partial charge >= 0.3 is 5.97 Å². The van der Waals surface area contributed by atoms with Gasteiger partial charge in [-0.25, -0.2) is 9.78 Å². The molecular weight excluding hydrogens is 222 g/mol. The molecule has 1 aliphatic carbocycles. The molecule has 0 spiro atoms. The monoisotopic (exact) mass is 237 g/mol. The van der Waals surface area contributed by atoms with Crippen LogP contribution in [0.5, 0.6) is 5.75 Å². The number of methoxy groups -OCH3 is 1. The van der Waals surface area contributed by atoms with Crippen LogP contribution in [0.3, 0.4) is 0 Å². The number of aromatic nitrogens is 1. The Bertz CT molecular complexity index is 407. The maximum atomic E-state index is 11.3. The number of carbonyl (C=O) groups excluding carboxylic acids is 1. The van der Waals surface area contributed by atoms with Gasteiger partial charge in [0.2, 0.25) is 0 Å². The van der Waals surface area contributed by atoms with E-state index in [9.17, 15) is 9.90 Å². The van der Waals surface area contributed by atoms with Crippen LogP contribution in [-0.2, 0) is 4.74 Å². The molecule has 0 unspecified atom stereocenters. The number of hydrogen-bond acceptors (Lipinski definition) is 5. The molecule has 2 atom stereocenters. The Balaban J connectivity index is 2.03. The highest BCUT2D eigenvalue weighted by atomic mass is 16.5. The highest BCUT2D eigenvalue weighted by Crippen LogP contribution is 2.24. The molecule has 17 heavy (non-hydrogen) atoms. The Kier molecular flexibility index (Phi) is 3.58. The van der Waals surface area contributed by atoms with Crippen molar-refractivity contribution in [2.45, 2.75) is 31.5 Å². The second kappa shape index (κ2) is 5.14. The van der Waals surface area contributed by atoms with Crippen LogP contribution in [0.1, 0.15) is 29.8 Å². The summed E-state index contributed by atoms with van der Waals surface area (Å²) in [6.07, 6.45) is 3.47. The standard InChI is InChI=1S/C12H15NO4/c1-16-12(15)11-7-10(4-5-13-11)17-9-3-2-8(14)6-9/h4-5,7-9,14H,2-3,6H2,1H3/t8-,9+/m1/s1. The summed E-state index contributed by atoms with van der Waals surface area (Å²) in [7, 11) is 1.31. The van der Waals surface area contributed by atoms with E-state index in [-0.39, 0.29) is 17.9 Å². The molecule has 0 radical (unpaired) electrons. The lowest BCUT2D eigenvalue weighted by atomic mass is 10.3. The van der Waals surface area contributed by atoms with Gasteiger partial charge in [0.15, 0.2) is 5.69 Å². The minimum atomic E-state index is -0.484. The summed E-state index contributed by atoms with van der Waals surface area (Å²) in [5.41, 5.74) is 0.226. The molecule has 1 saturated carbocycles. The number of aliphatic hydroxyl groups is 1. The van der Waals surface area contributed by atoms with Crippen LogP contribution in [0.15, 0.2) is 18.3 Å². The molecule has 0 saturated heterocycles. The summed E-state index contributed by atoms with van der Waals surface area (Å²) in [5, 5.41) is 9.39. The smallest absolute Gasteiger partial charge is 0.356 e. The summed E-state index contributed by atoms with van der Waals surface area (Å²) in [6, 6.07) is 3.24. The Hall–Kier alpha value is -1.62. The van der Waals surface area contributed by atoms with Gasteiger partial charge in [-0.15, -0.1) is 0 Å². The van der Waals surface area contributed by atoms with E-state index in [0.717, 1.165) is 12.8 Å². The van der Waals surface area contributed by atoms with E-state index in [0.29, 0.717) is 12.2 Å². The molecule has 0 amide bonds. The van der Waals surface area contributed by atoms with Crippen molar-refractivity contribution in [3.63, 3.8) is 0 Å². The van der Waals surface area contributed by atoms with Gasteiger partial charge in [0, 0.05) is 18.7 Å². The third-order valence-electron chi connectivity index (χ3n) is 2.79. The molecule has 1 fully saturated rings. The lowest BCUT2D eigenvalue weighted by molar-refractivity contribution is 0.0593. The van der Waals surface area contributed by atoms with Crippen molar-refractivity contribution in [2.75, 3.05) is 7.11 Å². The fraction of sp³-hybridized carbons (Fsp3) is 0.500. The van der Waals surface area contributed by atoms with Crippen molar-refractivity contribution in [3.8, 4) is 5.75 Å². The van der Waals surface area contributed by atoms with E-state index in [1.807, 2.05) is 0 Å². The molecule has 92 valence electrons. The molecule has 2 rings (SSSR count). The van der Waals surface area contributed by atoms with Gasteiger partial charge in [-0.05, 0) is 18.9 Å². The molecule has 1 aliphatic rings. The van der Waals surface area contributed by atoms with Crippen molar-refractivity contribution >= 4 is 5.97 Å². The number of esters is 1. The fourth-order valence-corrected chi connectivity index (χ4v) is 1.92. The predicted molar refractivity (Wildman–Crippen MR) is 59.9 cm³/mol. The number of carbonyl (C=O) groups is 1. The van der Waals surface area contributed by atoms with E-state index in [1.165, 1.54) is 13.3 Å². The number of aliphatic hydroxyl groups excluding tert-OH is 1. The third kappa shape index (κ3) is 2.94. The van der Waals surface area contributed by atoms with Gasteiger partial charge in [-0.2, -0.15) is 0 Å². The molecule has 1 heterocycles. The first kappa shape index (κ1) is 11.9. The first-order valence-electron chi connectivity index (χ1n) is 5.58. The van der Waals surface area contributed by atoms with Gasteiger partial charge < -0.3 is 14.6 Å². The average molecular weight is 237 g/mol. The summed E-state index contributed by atoms with van der Waals surface area (Å²) >= 11 is 0. The van der Waals surface area contributed by atoms with Gasteiger partial charge in [0.05, 0.1) is 13.2 Å². The van der Waals surface area contributed by atoms with E-state index >= 15 is 0 Å². The van der Waals surface area contributed by atoms with Crippen LogP contribution in [0, 0.1) is 0 Å². The lowest BCUT2D eigenvalue weighted by Crippen LogP contribution is -2.14. The van der Waals surface area contributed by atoms with E-state index < -0.39 is 5.97 Å². The van der Waals surface area contributed by atoms with Crippen LogP contribution in [0.25, 0.3) is 0 Å². The summed E-state index contributed by atoms with van der Waals surface area (Å²) < 4.78 is 10.3. The predicted octanol–water partition coefficient (Wildman–Crippen LogP) is 1.16. The molecule has 5 nitrogen and oxygen atoms in total. The lowest BCUT2D eigenvalue weighted by Gasteiger charge is -2.13. The minimum Gasteiger partial charge on any atom is -0.490 e. The van der Waals surface area contributed by atoms with E-state index in [1.54, 1.807) is 12.1 Å². The first-order valence-corrected chi connectivity index (χ1v) is 5.58. The maximum Gasteiger partial charge on any atom is 0.356 e. The SMILES string of the molecule is COC(=O)c1cc(O[C@H]2CC[C@@H](O)C2)ccn1. The number of hydrogen-bond donors (Lipinski definition) is 1. The quantitative estimate of drug-likeness (QED) is 0.799. The summed E-state index contributed by atoms with van der Waals surface area (Å²) in [4.78, 5) is 15.2. The van der Waals surface area contributed by atoms with Crippen molar-refractivity contribution < 1.29 is 19.4 Å². The second-order valence-electron chi connectivity index (χ2n) is 4.08. The minimum absolute atomic E-state index is 0.0119. The van der Waals surface area contributed by atoms with E-state index in [4.69, 9.17) is 4.74 Å². The zero-order chi connectivity index (χ0) is 12.3. The molecule has 0 aromatic carbocycles. The average Bonchev–Trinajstić information content (AvgIpc) is 2.74. The topological polar surface area (TPSA) is 68.7 Å². The number of pyridine rings is 1. The Morgan fingerprint density at radius 2 is 2.35 bits per heavy atom. The summed E-state index contributed by atoms with van der Waals surface area (Å²) in [5.74, 6) is 0.0985. The maximum absolute atomic E-state index is 11.3. The summed E-state index contributed by atoms with van der Waals surface area (Å²) in [6.45, 7) is 0. The molecular formula is C12H15NO4. The normalized spacial score (nSPS) is 23.4. The molecule has 1 aromatic heterocycles. The van der Waals surface area contributed by atoms with E-state index in [2.05, 4.69) is 9.72 Å². The van der Waals surface area contributed by atoms with Crippen LogP contribution in [0.2, 0.25) is 0 Å². The largest absolute Gasteiger partial charge is 0.490 e. The molecule has 0 aliphatic heterocycles.